The smallest absolute Gasteiger partial charge is 0.325 e. The van der Waals surface area contributed by atoms with Crippen LogP contribution in [0.15, 0.2) is 12.2 Å². The lowest BCUT2D eigenvalue weighted by molar-refractivity contribution is 0.174. The van der Waals surface area contributed by atoms with Gasteiger partial charge in [0.25, 0.3) is 0 Å². The molecule has 0 N–H and O–H groups in total. The zero-order valence-electron chi connectivity index (χ0n) is 15.6. The molecule has 0 aromatic carbocycles. The molecule has 0 atom stereocenters. The molecule has 0 aliphatic carbocycles. The van der Waals surface area contributed by atoms with E-state index in [1.165, 1.54) is 5.75 Å². The van der Waals surface area contributed by atoms with E-state index in [0.717, 1.165) is 38.0 Å². The average Bonchev–Trinajstić information content (AvgIpc) is 2.47. The Labute approximate surface area is 140 Å². The molecule has 0 amide bonds. The molecular formula is C18H37O2PS. The highest BCUT2D eigenvalue weighted by Gasteiger charge is 2.23. The van der Waals surface area contributed by atoms with Crippen molar-refractivity contribution in [1.82, 2.24) is 0 Å². The molecule has 0 saturated heterocycles. The Morgan fingerprint density at radius 3 is 2.18 bits per heavy atom. The normalized spacial score (nSPS) is 13.4. The van der Waals surface area contributed by atoms with Crippen LogP contribution < -0.4 is 0 Å². The fourth-order valence-electron chi connectivity index (χ4n) is 2.30. The molecule has 0 spiro atoms. The topological polar surface area (TPSA) is 26.3 Å². The highest BCUT2D eigenvalue weighted by Crippen LogP contribution is 2.48. The second kappa shape index (κ2) is 11.4. The van der Waals surface area contributed by atoms with Crippen LogP contribution in [0.2, 0.25) is 0 Å². The van der Waals surface area contributed by atoms with E-state index in [1.54, 1.807) is 0 Å². The van der Waals surface area contributed by atoms with Gasteiger partial charge in [-0.1, -0.05) is 38.7 Å². The minimum absolute atomic E-state index is 0.0841. The van der Waals surface area contributed by atoms with Crippen LogP contribution in [0.25, 0.3) is 0 Å². The molecule has 0 aromatic rings. The first-order valence-corrected chi connectivity index (χ1v) is 13.8. The summed E-state index contributed by atoms with van der Waals surface area (Å²) in [6.07, 6.45) is 17.3. The number of allylic oxidation sites excluding steroid dienone is 2. The van der Waals surface area contributed by atoms with Crippen molar-refractivity contribution in [2.24, 2.45) is 0 Å². The van der Waals surface area contributed by atoms with Crippen LogP contribution in [0, 0.1) is 0 Å². The van der Waals surface area contributed by atoms with E-state index in [1.807, 2.05) is 0 Å². The van der Waals surface area contributed by atoms with Crippen LogP contribution in [0.3, 0.4) is 0 Å². The molecule has 0 aromatic heterocycles. The Morgan fingerprint density at radius 1 is 1.05 bits per heavy atom. The maximum absolute atomic E-state index is 12.6. The third kappa shape index (κ3) is 9.10. The maximum atomic E-state index is 12.6. The lowest BCUT2D eigenvalue weighted by atomic mass is 10.3. The lowest BCUT2D eigenvalue weighted by Gasteiger charge is -2.25. The summed E-state index contributed by atoms with van der Waals surface area (Å²) in [5.41, 5.74) is 0.0841. The number of unbranched alkanes of at least 4 members (excludes halogenated alkanes) is 1. The summed E-state index contributed by atoms with van der Waals surface area (Å²) < 4.78 is 5.64. The Kier molecular flexibility index (Phi) is 11.3. The van der Waals surface area contributed by atoms with E-state index in [0.29, 0.717) is 6.61 Å². The second-order valence-electron chi connectivity index (χ2n) is 6.57. The number of ether oxygens (including phenoxy) is 1. The summed E-state index contributed by atoms with van der Waals surface area (Å²) in [5, 5.41) is 0. The number of carbonyl (C=O) groups is 1. The standard InChI is InChI=1S/C18H37O2PS/c1-7-10-11-12-13-16-21(8-2,9-3)18(19)20-15-14-17-22(4,5)6/h10-11,16H,7-9,12-15,17H2,1-6H3/b11-10+. The van der Waals surface area contributed by atoms with Gasteiger partial charge in [-0.05, 0) is 69.4 Å². The van der Waals surface area contributed by atoms with Crippen molar-refractivity contribution < 1.29 is 9.53 Å². The third-order valence-corrected chi connectivity index (χ3v) is 9.42. The van der Waals surface area contributed by atoms with E-state index in [9.17, 15) is 4.79 Å². The third-order valence-electron chi connectivity index (χ3n) is 3.83. The molecular weight excluding hydrogens is 311 g/mol. The molecule has 0 radical (unpaired) electrons. The van der Waals surface area contributed by atoms with Crippen molar-refractivity contribution in [2.75, 3.05) is 43.5 Å². The summed E-state index contributed by atoms with van der Waals surface area (Å²) in [6.45, 7) is 5.32. The molecule has 0 aliphatic rings. The largest absolute Gasteiger partial charge is 0.463 e. The highest BCUT2D eigenvalue weighted by atomic mass is 32.3. The first-order chi connectivity index (χ1) is 10.3. The van der Waals surface area contributed by atoms with Gasteiger partial charge < -0.3 is 4.74 Å². The van der Waals surface area contributed by atoms with Gasteiger partial charge in [-0.3, -0.25) is 0 Å². The van der Waals surface area contributed by atoms with Gasteiger partial charge in [0.2, 0.25) is 0 Å². The van der Waals surface area contributed by atoms with Gasteiger partial charge >= 0.3 is 5.71 Å². The summed E-state index contributed by atoms with van der Waals surface area (Å²) in [5.74, 6) is 3.47. The fraction of sp³-hybridized carbons (Fsp3) is 0.778. The van der Waals surface area contributed by atoms with Crippen LogP contribution in [0.4, 0.5) is 4.79 Å². The molecule has 0 heterocycles. The summed E-state index contributed by atoms with van der Waals surface area (Å²) in [7, 11) is -0.489. The fourth-order valence-corrected chi connectivity index (χ4v) is 5.90. The molecule has 0 bridgehead atoms. The predicted octanol–water partition coefficient (Wildman–Crippen LogP) is 5.81. The van der Waals surface area contributed by atoms with E-state index in [2.05, 4.69) is 57.5 Å². The van der Waals surface area contributed by atoms with Gasteiger partial charge in [0.15, 0.2) is 0 Å². The van der Waals surface area contributed by atoms with Gasteiger partial charge in [-0.2, -0.15) is 0 Å². The molecule has 0 aliphatic heterocycles. The molecule has 2 nitrogen and oxygen atoms in total. The summed E-state index contributed by atoms with van der Waals surface area (Å²) in [4.78, 5) is 12.6. The number of hydrogen-bond acceptors (Lipinski definition) is 2. The number of hydrogen-bond donors (Lipinski definition) is 0. The molecule has 0 fully saturated rings. The zero-order valence-corrected chi connectivity index (χ0v) is 17.3. The minimum Gasteiger partial charge on any atom is -0.463 e. The van der Waals surface area contributed by atoms with Crippen molar-refractivity contribution in [1.29, 1.82) is 0 Å². The summed E-state index contributed by atoms with van der Waals surface area (Å²) >= 11 is 0. The van der Waals surface area contributed by atoms with Crippen LogP contribution in [0.5, 0.6) is 0 Å². The molecule has 0 unspecified atom stereocenters. The van der Waals surface area contributed by atoms with Crippen molar-refractivity contribution >= 4 is 28.4 Å². The van der Waals surface area contributed by atoms with E-state index < -0.39 is 16.9 Å². The molecule has 0 saturated carbocycles. The van der Waals surface area contributed by atoms with Crippen LogP contribution in [0.1, 0.15) is 46.5 Å². The zero-order chi connectivity index (χ0) is 17.1. The first kappa shape index (κ1) is 21.9. The monoisotopic (exact) mass is 348 g/mol. The van der Waals surface area contributed by atoms with Crippen molar-refractivity contribution in [3.63, 3.8) is 0 Å². The van der Waals surface area contributed by atoms with E-state index in [4.69, 9.17) is 4.74 Å². The van der Waals surface area contributed by atoms with Gasteiger partial charge in [0.05, 0.1) is 6.61 Å². The lowest BCUT2D eigenvalue weighted by Crippen LogP contribution is -2.12. The summed E-state index contributed by atoms with van der Waals surface area (Å²) in [6, 6.07) is 0. The predicted molar refractivity (Wildman–Crippen MR) is 109 cm³/mol. The SMILES string of the molecule is CC/C=C/CCC=P(CC)(CC)C(=O)OCCCS(C)(C)C. The van der Waals surface area contributed by atoms with Gasteiger partial charge in [-0.25, -0.2) is 14.8 Å². The number of rotatable bonds is 11. The molecule has 0 rings (SSSR count). The van der Waals surface area contributed by atoms with Crippen LogP contribution in [-0.4, -0.2) is 55.0 Å². The molecule has 4 heteroatoms. The first-order valence-electron chi connectivity index (χ1n) is 8.50. The van der Waals surface area contributed by atoms with Gasteiger partial charge in [-0.15, -0.1) is 0 Å². The van der Waals surface area contributed by atoms with Crippen molar-refractivity contribution in [3.8, 4) is 0 Å². The Hall–Kier alpha value is -0.140. The molecule has 22 heavy (non-hydrogen) atoms. The molecule has 132 valence electrons. The number of carbonyl (C=O) groups excluding carboxylic acids is 1. The van der Waals surface area contributed by atoms with Gasteiger partial charge in [0.1, 0.15) is 0 Å². The quantitative estimate of drug-likeness (QED) is 0.267. The minimum atomic E-state index is -1.69. The Balaban J connectivity index is 4.54. The van der Waals surface area contributed by atoms with Gasteiger partial charge in [0, 0.05) is 0 Å². The van der Waals surface area contributed by atoms with E-state index in [-0.39, 0.29) is 5.71 Å². The van der Waals surface area contributed by atoms with Crippen molar-refractivity contribution in [2.45, 2.75) is 46.5 Å². The van der Waals surface area contributed by atoms with Crippen LogP contribution >= 0.6 is 16.9 Å². The van der Waals surface area contributed by atoms with Crippen LogP contribution in [-0.2, 0) is 4.74 Å². The second-order valence-corrected chi connectivity index (χ2v) is 15.2. The maximum Gasteiger partial charge on any atom is 0.325 e. The van der Waals surface area contributed by atoms with E-state index >= 15 is 0 Å². The van der Waals surface area contributed by atoms with Crippen molar-refractivity contribution in [3.05, 3.63) is 12.2 Å². The Bertz CT molecular complexity index is 386. The average molecular weight is 349 g/mol. The Morgan fingerprint density at radius 2 is 1.68 bits per heavy atom. The highest BCUT2D eigenvalue weighted by molar-refractivity contribution is 8.32.